The van der Waals surface area contributed by atoms with E-state index < -0.39 is 10.0 Å². The van der Waals surface area contributed by atoms with Crippen molar-refractivity contribution >= 4 is 21.6 Å². The Morgan fingerprint density at radius 3 is 2.39 bits per heavy atom. The van der Waals surface area contributed by atoms with Crippen molar-refractivity contribution in [3.8, 4) is 0 Å². The number of halogens is 1. The lowest BCUT2D eigenvalue weighted by Gasteiger charge is -2.36. The fraction of sp³-hybridized carbons (Fsp3) is 0.538. The van der Waals surface area contributed by atoms with Crippen LogP contribution >= 0.6 is 11.6 Å². The molecule has 3 nitrogen and oxygen atoms in total. The second-order valence-corrected chi connectivity index (χ2v) is 6.82. The number of rotatable bonds is 6. The molecule has 1 fully saturated rings. The third-order valence-electron chi connectivity index (χ3n) is 3.34. The zero-order valence-electron chi connectivity index (χ0n) is 10.3. The number of sulfonamides is 1. The van der Waals surface area contributed by atoms with Gasteiger partial charge in [0, 0.05) is 18.5 Å². The molecule has 1 aliphatic carbocycles. The summed E-state index contributed by atoms with van der Waals surface area (Å²) in [6.45, 7) is 0.519. The first-order valence-corrected chi connectivity index (χ1v) is 8.26. The molecule has 1 aromatic carbocycles. The Labute approximate surface area is 114 Å². The first-order valence-electron chi connectivity index (χ1n) is 6.29. The summed E-state index contributed by atoms with van der Waals surface area (Å²) < 4.78 is 26.7. The van der Waals surface area contributed by atoms with Gasteiger partial charge in [-0.1, -0.05) is 24.6 Å². The van der Waals surface area contributed by atoms with Crippen LogP contribution in [0.25, 0.3) is 0 Å². The van der Waals surface area contributed by atoms with Crippen molar-refractivity contribution in [3.63, 3.8) is 0 Å². The first kappa shape index (κ1) is 13.8. The monoisotopic (exact) mass is 287 g/mol. The molecule has 0 unspecified atom stereocenters. The zero-order chi connectivity index (χ0) is 13.0. The molecule has 0 spiro atoms. The minimum Gasteiger partial charge on any atom is -0.207 e. The van der Waals surface area contributed by atoms with E-state index in [1.54, 1.807) is 28.6 Å². The van der Waals surface area contributed by atoms with Crippen molar-refractivity contribution in [2.45, 2.75) is 36.6 Å². The average Bonchev–Trinajstić information content (AvgIpc) is 2.33. The Kier molecular flexibility index (Phi) is 4.65. The lowest BCUT2D eigenvalue weighted by atomic mass is 9.93. The molecule has 0 amide bonds. The molecular weight excluding hydrogens is 270 g/mol. The van der Waals surface area contributed by atoms with Gasteiger partial charge in [-0.25, -0.2) is 8.42 Å². The lowest BCUT2D eigenvalue weighted by molar-refractivity contribution is 0.220. The summed E-state index contributed by atoms with van der Waals surface area (Å²) >= 11 is 5.69. The Balaban J connectivity index is 2.23. The van der Waals surface area contributed by atoms with Crippen molar-refractivity contribution in [1.82, 2.24) is 4.31 Å². The maximum absolute atomic E-state index is 12.6. The van der Waals surface area contributed by atoms with Gasteiger partial charge >= 0.3 is 0 Å². The second-order valence-electron chi connectivity index (χ2n) is 4.56. The zero-order valence-corrected chi connectivity index (χ0v) is 11.8. The van der Waals surface area contributed by atoms with Gasteiger partial charge in [0.2, 0.25) is 10.0 Å². The van der Waals surface area contributed by atoms with Crippen molar-refractivity contribution in [2.24, 2.45) is 0 Å². The highest BCUT2D eigenvalue weighted by molar-refractivity contribution is 7.89. The van der Waals surface area contributed by atoms with E-state index in [1.165, 1.54) is 0 Å². The van der Waals surface area contributed by atoms with E-state index in [0.29, 0.717) is 23.7 Å². The summed E-state index contributed by atoms with van der Waals surface area (Å²) in [7, 11) is -3.36. The Morgan fingerprint density at radius 2 is 1.89 bits per heavy atom. The van der Waals surface area contributed by atoms with Crippen molar-refractivity contribution in [1.29, 1.82) is 0 Å². The molecule has 0 radical (unpaired) electrons. The van der Waals surface area contributed by atoms with Crippen LogP contribution in [0.15, 0.2) is 35.2 Å². The van der Waals surface area contributed by atoms with E-state index in [-0.39, 0.29) is 6.04 Å². The van der Waals surface area contributed by atoms with Crippen LogP contribution in [0.1, 0.15) is 25.7 Å². The second kappa shape index (κ2) is 6.04. The lowest BCUT2D eigenvalue weighted by Crippen LogP contribution is -2.44. The summed E-state index contributed by atoms with van der Waals surface area (Å²) in [6, 6.07) is 8.81. The maximum Gasteiger partial charge on any atom is 0.243 e. The highest BCUT2D eigenvalue weighted by Gasteiger charge is 2.34. The Bertz CT molecular complexity index is 471. The van der Waals surface area contributed by atoms with E-state index in [0.717, 1.165) is 19.3 Å². The molecule has 0 aromatic heterocycles. The number of hydrogen-bond acceptors (Lipinski definition) is 2. The average molecular weight is 288 g/mol. The summed E-state index contributed by atoms with van der Waals surface area (Å²) in [4.78, 5) is 0.381. The normalized spacial score (nSPS) is 16.8. The third-order valence-corrected chi connectivity index (χ3v) is 5.58. The van der Waals surface area contributed by atoms with Crippen molar-refractivity contribution < 1.29 is 8.42 Å². The van der Waals surface area contributed by atoms with Crippen molar-refractivity contribution in [3.05, 3.63) is 30.3 Å². The predicted octanol–water partition coefficient (Wildman–Crippen LogP) is 2.86. The smallest absolute Gasteiger partial charge is 0.207 e. The van der Waals surface area contributed by atoms with Crippen LogP contribution in [0.2, 0.25) is 0 Å². The van der Waals surface area contributed by atoms with E-state index in [1.807, 2.05) is 6.07 Å². The molecule has 1 saturated carbocycles. The SMILES string of the molecule is O=S(=O)(c1ccccc1)N(CCCCl)C1CCC1. The summed E-state index contributed by atoms with van der Waals surface area (Å²) in [5, 5.41) is 0. The van der Waals surface area contributed by atoms with Crippen LogP contribution in [-0.4, -0.2) is 31.2 Å². The fourth-order valence-electron chi connectivity index (χ4n) is 2.12. The molecule has 0 aliphatic heterocycles. The predicted molar refractivity (Wildman–Crippen MR) is 73.3 cm³/mol. The molecule has 1 aliphatic rings. The number of nitrogens with zero attached hydrogens (tertiary/aromatic N) is 1. The molecular formula is C13H18ClNO2S. The largest absolute Gasteiger partial charge is 0.243 e. The van der Waals surface area contributed by atoms with Gasteiger partial charge in [0.25, 0.3) is 0 Å². The molecule has 100 valence electrons. The minimum absolute atomic E-state index is 0.165. The Hall–Kier alpha value is -0.580. The van der Waals surface area contributed by atoms with Crippen LogP contribution in [-0.2, 0) is 10.0 Å². The standard InChI is InChI=1S/C13H18ClNO2S/c14-10-5-11-15(12-6-4-7-12)18(16,17)13-8-2-1-3-9-13/h1-3,8-9,12H,4-7,10-11H2. The number of alkyl halides is 1. The van der Waals surface area contributed by atoms with Crippen LogP contribution in [0.3, 0.4) is 0 Å². The van der Waals surface area contributed by atoms with Gasteiger partial charge in [0.05, 0.1) is 4.90 Å². The van der Waals surface area contributed by atoms with E-state index in [4.69, 9.17) is 11.6 Å². The highest BCUT2D eigenvalue weighted by atomic mass is 35.5. The van der Waals surface area contributed by atoms with Gasteiger partial charge in [-0.2, -0.15) is 4.31 Å². The summed E-state index contributed by atoms with van der Waals surface area (Å²) in [6.07, 6.45) is 3.75. The number of benzene rings is 1. The minimum atomic E-state index is -3.36. The number of hydrogen-bond donors (Lipinski definition) is 0. The molecule has 5 heteroatoms. The summed E-state index contributed by atoms with van der Waals surface area (Å²) in [5.41, 5.74) is 0. The Morgan fingerprint density at radius 1 is 1.22 bits per heavy atom. The fourth-order valence-corrected chi connectivity index (χ4v) is 3.98. The van der Waals surface area contributed by atoms with Gasteiger partial charge in [0.15, 0.2) is 0 Å². The van der Waals surface area contributed by atoms with Gasteiger partial charge in [0.1, 0.15) is 0 Å². The van der Waals surface area contributed by atoms with E-state index in [2.05, 4.69) is 0 Å². The maximum atomic E-state index is 12.6. The summed E-state index contributed by atoms with van der Waals surface area (Å²) in [5.74, 6) is 0.494. The van der Waals surface area contributed by atoms with Crippen LogP contribution in [0.5, 0.6) is 0 Å². The third kappa shape index (κ3) is 2.87. The highest BCUT2D eigenvalue weighted by Crippen LogP contribution is 2.30. The molecule has 0 bridgehead atoms. The van der Waals surface area contributed by atoms with E-state index >= 15 is 0 Å². The first-order chi connectivity index (χ1) is 8.66. The molecule has 0 N–H and O–H groups in total. The van der Waals surface area contributed by atoms with Gasteiger partial charge in [-0.15, -0.1) is 11.6 Å². The molecule has 2 rings (SSSR count). The van der Waals surface area contributed by atoms with Gasteiger partial charge in [-0.3, -0.25) is 0 Å². The van der Waals surface area contributed by atoms with E-state index in [9.17, 15) is 8.42 Å². The van der Waals surface area contributed by atoms with Gasteiger partial charge in [-0.05, 0) is 31.4 Å². The topological polar surface area (TPSA) is 37.4 Å². The van der Waals surface area contributed by atoms with Gasteiger partial charge < -0.3 is 0 Å². The quantitative estimate of drug-likeness (QED) is 0.755. The molecule has 0 atom stereocenters. The van der Waals surface area contributed by atoms with Crippen LogP contribution in [0, 0.1) is 0 Å². The van der Waals surface area contributed by atoms with Crippen LogP contribution in [0.4, 0.5) is 0 Å². The molecule has 0 saturated heterocycles. The van der Waals surface area contributed by atoms with Crippen molar-refractivity contribution in [2.75, 3.05) is 12.4 Å². The van der Waals surface area contributed by atoms with Crippen LogP contribution < -0.4 is 0 Å². The molecule has 18 heavy (non-hydrogen) atoms. The molecule has 0 heterocycles. The molecule has 1 aromatic rings.